The Labute approximate surface area is 132 Å². The zero-order chi connectivity index (χ0) is 14.1. The third kappa shape index (κ3) is 5.97. The second-order valence-corrected chi connectivity index (χ2v) is 6.21. The molecule has 1 rings (SSSR count). The molecule has 4 heteroatoms. The molecule has 19 heavy (non-hydrogen) atoms. The molecule has 0 aromatic heterocycles. The van der Waals surface area contributed by atoms with Gasteiger partial charge >= 0.3 is 0 Å². The summed E-state index contributed by atoms with van der Waals surface area (Å²) in [6.07, 6.45) is 7.50. The largest absolute Gasteiger partial charge is 0.491 e. The molecule has 0 bridgehead atoms. The Morgan fingerprint density at radius 1 is 1.05 bits per heavy atom. The lowest BCUT2D eigenvalue weighted by atomic mass is 10.1. The van der Waals surface area contributed by atoms with E-state index in [0.717, 1.165) is 27.7 Å². The van der Waals surface area contributed by atoms with Gasteiger partial charge in [0, 0.05) is 0 Å². The number of halogens is 2. The maximum absolute atomic E-state index is 8.86. The molecular weight excluding hydrogens is 370 g/mol. The van der Waals surface area contributed by atoms with Gasteiger partial charge in [0.1, 0.15) is 5.75 Å². The van der Waals surface area contributed by atoms with Gasteiger partial charge in [0.15, 0.2) is 0 Å². The van der Waals surface area contributed by atoms with Gasteiger partial charge in [0.2, 0.25) is 0 Å². The number of benzene rings is 1. The highest BCUT2D eigenvalue weighted by Gasteiger charge is 2.08. The number of unbranched alkanes of at least 4 members (excludes halogenated alkanes) is 5. The van der Waals surface area contributed by atoms with E-state index in [2.05, 4.69) is 44.9 Å². The maximum atomic E-state index is 8.86. The van der Waals surface area contributed by atoms with Crippen LogP contribution in [0.5, 0.6) is 5.75 Å². The summed E-state index contributed by atoms with van der Waals surface area (Å²) >= 11 is 6.87. The van der Waals surface area contributed by atoms with E-state index >= 15 is 0 Å². The first-order valence-electron chi connectivity index (χ1n) is 6.71. The van der Waals surface area contributed by atoms with E-state index in [9.17, 15) is 0 Å². The van der Waals surface area contributed by atoms with E-state index in [1.54, 1.807) is 12.1 Å². The molecule has 0 aliphatic carbocycles. The zero-order valence-electron chi connectivity index (χ0n) is 11.2. The summed E-state index contributed by atoms with van der Waals surface area (Å²) < 4.78 is 7.42. The molecule has 0 amide bonds. The van der Waals surface area contributed by atoms with Gasteiger partial charge in [-0.2, -0.15) is 5.26 Å². The van der Waals surface area contributed by atoms with E-state index in [-0.39, 0.29) is 0 Å². The SMILES string of the molecule is CCCCCCCCOc1c(Br)cc(C#N)cc1Br. The molecule has 0 heterocycles. The lowest BCUT2D eigenvalue weighted by Gasteiger charge is -2.10. The summed E-state index contributed by atoms with van der Waals surface area (Å²) in [6.45, 7) is 2.94. The minimum atomic E-state index is 0.616. The molecular formula is C15H19Br2NO. The summed E-state index contributed by atoms with van der Waals surface area (Å²) in [5, 5.41) is 8.86. The molecule has 0 fully saturated rings. The standard InChI is InChI=1S/C15H19Br2NO/c1-2-3-4-5-6-7-8-19-15-13(16)9-12(11-18)10-14(15)17/h9-10H,2-8H2,1H3. The van der Waals surface area contributed by atoms with E-state index < -0.39 is 0 Å². The van der Waals surface area contributed by atoms with Gasteiger partial charge in [-0.05, 0) is 50.4 Å². The Hall–Kier alpha value is -0.530. The molecule has 0 atom stereocenters. The van der Waals surface area contributed by atoms with Crippen LogP contribution in [0.15, 0.2) is 21.1 Å². The Balaban J connectivity index is 2.36. The molecule has 0 radical (unpaired) electrons. The molecule has 0 unspecified atom stereocenters. The van der Waals surface area contributed by atoms with Crippen molar-refractivity contribution in [2.45, 2.75) is 45.4 Å². The van der Waals surface area contributed by atoms with Crippen molar-refractivity contribution in [3.05, 3.63) is 26.6 Å². The lowest BCUT2D eigenvalue weighted by Crippen LogP contribution is -1.99. The van der Waals surface area contributed by atoms with Gasteiger partial charge in [-0.25, -0.2) is 0 Å². The number of nitrogens with zero attached hydrogens (tertiary/aromatic N) is 1. The van der Waals surface area contributed by atoms with Crippen LogP contribution in [0, 0.1) is 11.3 Å². The number of rotatable bonds is 8. The van der Waals surface area contributed by atoms with Gasteiger partial charge in [0.05, 0.1) is 27.2 Å². The van der Waals surface area contributed by atoms with Crippen LogP contribution in [-0.4, -0.2) is 6.61 Å². The highest BCUT2D eigenvalue weighted by atomic mass is 79.9. The van der Waals surface area contributed by atoms with Crippen LogP contribution >= 0.6 is 31.9 Å². The molecule has 0 aliphatic heterocycles. The monoisotopic (exact) mass is 387 g/mol. The molecule has 0 N–H and O–H groups in total. The second-order valence-electron chi connectivity index (χ2n) is 4.50. The van der Waals surface area contributed by atoms with Crippen LogP contribution < -0.4 is 4.74 Å². The van der Waals surface area contributed by atoms with Crippen LogP contribution in [0.4, 0.5) is 0 Å². The van der Waals surface area contributed by atoms with Gasteiger partial charge in [0.25, 0.3) is 0 Å². The molecule has 1 aromatic rings. The van der Waals surface area contributed by atoms with Crippen molar-refractivity contribution in [1.29, 1.82) is 5.26 Å². The molecule has 0 spiro atoms. The van der Waals surface area contributed by atoms with Crippen LogP contribution in [0.3, 0.4) is 0 Å². The number of ether oxygens (including phenoxy) is 1. The van der Waals surface area contributed by atoms with Crippen molar-refractivity contribution in [3.8, 4) is 11.8 Å². The first-order valence-corrected chi connectivity index (χ1v) is 8.29. The molecule has 0 aliphatic rings. The second kappa shape index (κ2) is 9.39. The van der Waals surface area contributed by atoms with Gasteiger partial charge < -0.3 is 4.74 Å². The van der Waals surface area contributed by atoms with Gasteiger partial charge in [-0.1, -0.05) is 39.0 Å². The number of hydrogen-bond acceptors (Lipinski definition) is 2. The summed E-state index contributed by atoms with van der Waals surface area (Å²) in [5.74, 6) is 0.785. The topological polar surface area (TPSA) is 33.0 Å². The van der Waals surface area contributed by atoms with E-state index in [4.69, 9.17) is 10.00 Å². The van der Waals surface area contributed by atoms with E-state index in [0.29, 0.717) is 5.56 Å². The Bertz CT molecular complexity index is 417. The van der Waals surface area contributed by atoms with Gasteiger partial charge in [-0.3, -0.25) is 0 Å². The smallest absolute Gasteiger partial charge is 0.147 e. The zero-order valence-corrected chi connectivity index (χ0v) is 14.4. The minimum absolute atomic E-state index is 0.616. The van der Waals surface area contributed by atoms with Crippen molar-refractivity contribution in [2.75, 3.05) is 6.61 Å². The highest BCUT2D eigenvalue weighted by molar-refractivity contribution is 9.11. The van der Waals surface area contributed by atoms with E-state index in [1.807, 2.05) is 0 Å². The average Bonchev–Trinajstić information content (AvgIpc) is 2.40. The normalized spacial score (nSPS) is 10.2. The Morgan fingerprint density at radius 3 is 2.21 bits per heavy atom. The predicted molar refractivity (Wildman–Crippen MR) is 85.4 cm³/mol. The summed E-state index contributed by atoms with van der Waals surface area (Å²) in [5.41, 5.74) is 0.616. The molecule has 104 valence electrons. The van der Waals surface area contributed by atoms with Crippen molar-refractivity contribution >= 4 is 31.9 Å². The Morgan fingerprint density at radius 2 is 1.63 bits per heavy atom. The first kappa shape index (κ1) is 16.5. The summed E-state index contributed by atoms with van der Waals surface area (Å²) in [7, 11) is 0. The molecule has 2 nitrogen and oxygen atoms in total. The van der Waals surface area contributed by atoms with Crippen molar-refractivity contribution < 1.29 is 4.74 Å². The third-order valence-corrected chi connectivity index (χ3v) is 4.05. The van der Waals surface area contributed by atoms with Crippen molar-refractivity contribution in [3.63, 3.8) is 0 Å². The summed E-state index contributed by atoms with van der Waals surface area (Å²) in [6, 6.07) is 5.67. The van der Waals surface area contributed by atoms with Gasteiger partial charge in [-0.15, -0.1) is 0 Å². The van der Waals surface area contributed by atoms with Crippen molar-refractivity contribution in [2.24, 2.45) is 0 Å². The minimum Gasteiger partial charge on any atom is -0.491 e. The summed E-state index contributed by atoms with van der Waals surface area (Å²) in [4.78, 5) is 0. The van der Waals surface area contributed by atoms with Crippen molar-refractivity contribution in [1.82, 2.24) is 0 Å². The fourth-order valence-corrected chi connectivity index (χ4v) is 3.23. The third-order valence-electron chi connectivity index (χ3n) is 2.87. The van der Waals surface area contributed by atoms with E-state index in [1.165, 1.54) is 32.1 Å². The fourth-order valence-electron chi connectivity index (χ4n) is 1.82. The lowest BCUT2D eigenvalue weighted by molar-refractivity contribution is 0.301. The fraction of sp³-hybridized carbons (Fsp3) is 0.533. The molecule has 0 saturated heterocycles. The maximum Gasteiger partial charge on any atom is 0.147 e. The predicted octanol–water partition coefficient (Wildman–Crippen LogP) is 5.82. The van der Waals surface area contributed by atoms with Crippen LogP contribution in [0.2, 0.25) is 0 Å². The molecule has 1 aromatic carbocycles. The quantitative estimate of drug-likeness (QED) is 0.525. The van der Waals surface area contributed by atoms with Crippen LogP contribution in [-0.2, 0) is 0 Å². The average molecular weight is 389 g/mol. The Kier molecular flexibility index (Phi) is 8.16. The highest BCUT2D eigenvalue weighted by Crippen LogP contribution is 2.34. The first-order chi connectivity index (χ1) is 9.19. The van der Waals surface area contributed by atoms with Crippen LogP contribution in [0.1, 0.15) is 51.0 Å². The molecule has 0 saturated carbocycles. The number of hydrogen-bond donors (Lipinski definition) is 0. The van der Waals surface area contributed by atoms with Crippen LogP contribution in [0.25, 0.3) is 0 Å². The number of nitriles is 1.